The largest absolute Gasteiger partial charge is 0.244 e. The van der Waals surface area contributed by atoms with E-state index in [1.165, 1.54) is 6.20 Å². The van der Waals surface area contributed by atoms with Crippen LogP contribution in [0.3, 0.4) is 0 Å². The highest BCUT2D eigenvalue weighted by molar-refractivity contribution is 6.46. The molecule has 0 aliphatic carbocycles. The molecule has 0 atom stereocenters. The molecule has 0 N–H and O–H groups in total. The number of rotatable bonds is 2. The van der Waals surface area contributed by atoms with Crippen LogP contribution < -0.4 is 0 Å². The van der Waals surface area contributed by atoms with Crippen molar-refractivity contribution in [2.24, 2.45) is 0 Å². The van der Waals surface area contributed by atoms with Gasteiger partial charge in [-0.1, -0.05) is 46.4 Å². The van der Waals surface area contributed by atoms with Crippen LogP contribution in [0.15, 0.2) is 24.4 Å². The first-order chi connectivity index (χ1) is 9.06. The number of hydrogen-bond acceptors (Lipinski definition) is 2. The highest BCUT2D eigenvalue weighted by atomic mass is 35.5. The van der Waals surface area contributed by atoms with Crippen molar-refractivity contribution in [3.8, 4) is 17.2 Å². The Morgan fingerprint density at radius 2 is 1.68 bits per heavy atom. The van der Waals surface area contributed by atoms with Gasteiger partial charge in [0.15, 0.2) is 0 Å². The number of nitriles is 1. The van der Waals surface area contributed by atoms with Crippen LogP contribution in [0.5, 0.6) is 0 Å². The first kappa shape index (κ1) is 14.4. The van der Waals surface area contributed by atoms with E-state index in [1.54, 1.807) is 18.2 Å². The molecule has 0 saturated carbocycles. The fourth-order valence-electron chi connectivity index (χ4n) is 1.73. The second kappa shape index (κ2) is 5.98. The minimum absolute atomic E-state index is 0.177. The van der Waals surface area contributed by atoms with Crippen LogP contribution in [0, 0.1) is 11.3 Å². The molecule has 2 aromatic rings. The Balaban J connectivity index is 2.79. The van der Waals surface area contributed by atoms with Gasteiger partial charge >= 0.3 is 0 Å². The fraction of sp³-hybridized carbons (Fsp3) is 0.0769. The van der Waals surface area contributed by atoms with Crippen molar-refractivity contribution in [2.75, 3.05) is 0 Å². The molecule has 6 heteroatoms. The van der Waals surface area contributed by atoms with Gasteiger partial charge in [-0.2, -0.15) is 5.26 Å². The minimum Gasteiger partial charge on any atom is -0.244 e. The van der Waals surface area contributed by atoms with E-state index in [4.69, 9.17) is 51.7 Å². The number of aromatic nitrogens is 1. The minimum atomic E-state index is 0.177. The fourth-order valence-corrected chi connectivity index (χ4v) is 2.71. The number of halogens is 4. The standard InChI is InChI=1S/C13H6Cl4N2/c14-8-1-2-9(15)12(16)11(8)10-7(3-5-18)4-6-19-13(10)17/h1-2,4,6H,3H2. The summed E-state index contributed by atoms with van der Waals surface area (Å²) in [6.45, 7) is 0. The second-order valence-corrected chi connectivity index (χ2v) is 5.24. The molecule has 96 valence electrons. The van der Waals surface area contributed by atoms with Crippen LogP contribution in [0.4, 0.5) is 0 Å². The van der Waals surface area contributed by atoms with E-state index in [1.807, 2.05) is 0 Å². The summed E-state index contributed by atoms with van der Waals surface area (Å²) in [5.74, 6) is 0. The average Bonchev–Trinajstić information content (AvgIpc) is 2.38. The van der Waals surface area contributed by atoms with Gasteiger partial charge in [-0.25, -0.2) is 4.98 Å². The summed E-state index contributed by atoms with van der Waals surface area (Å²) < 4.78 is 0. The van der Waals surface area contributed by atoms with Gasteiger partial charge in [0.2, 0.25) is 0 Å². The van der Waals surface area contributed by atoms with Gasteiger partial charge < -0.3 is 0 Å². The maximum absolute atomic E-state index is 8.87. The molecule has 0 bridgehead atoms. The molecule has 1 heterocycles. The molecular weight excluding hydrogens is 326 g/mol. The molecule has 0 fully saturated rings. The smallest absolute Gasteiger partial charge is 0.137 e. The number of hydrogen-bond donors (Lipinski definition) is 0. The number of pyridine rings is 1. The van der Waals surface area contributed by atoms with E-state index in [9.17, 15) is 0 Å². The van der Waals surface area contributed by atoms with E-state index in [2.05, 4.69) is 11.1 Å². The Hall–Kier alpha value is -0.980. The summed E-state index contributed by atoms with van der Waals surface area (Å²) in [7, 11) is 0. The molecule has 0 radical (unpaired) electrons. The number of nitrogens with zero attached hydrogens (tertiary/aromatic N) is 2. The van der Waals surface area contributed by atoms with E-state index >= 15 is 0 Å². The van der Waals surface area contributed by atoms with Gasteiger partial charge in [-0.15, -0.1) is 0 Å². The highest BCUT2D eigenvalue weighted by Gasteiger charge is 2.18. The topological polar surface area (TPSA) is 36.7 Å². The van der Waals surface area contributed by atoms with Crippen molar-refractivity contribution in [3.63, 3.8) is 0 Å². The summed E-state index contributed by atoms with van der Waals surface area (Å²) >= 11 is 24.5. The van der Waals surface area contributed by atoms with Crippen LogP contribution in [-0.4, -0.2) is 4.98 Å². The first-order valence-electron chi connectivity index (χ1n) is 5.20. The molecule has 0 unspecified atom stereocenters. The molecule has 0 amide bonds. The normalized spacial score (nSPS) is 10.3. The molecule has 19 heavy (non-hydrogen) atoms. The van der Waals surface area contributed by atoms with Gasteiger partial charge in [0.1, 0.15) is 5.15 Å². The van der Waals surface area contributed by atoms with Gasteiger partial charge in [-0.05, 0) is 23.8 Å². The molecule has 1 aromatic heterocycles. The van der Waals surface area contributed by atoms with Crippen molar-refractivity contribution >= 4 is 46.4 Å². The number of benzene rings is 1. The second-order valence-electron chi connectivity index (χ2n) is 3.69. The third-order valence-electron chi connectivity index (χ3n) is 2.55. The van der Waals surface area contributed by atoms with Crippen molar-refractivity contribution in [1.29, 1.82) is 5.26 Å². The van der Waals surface area contributed by atoms with E-state index in [-0.39, 0.29) is 11.6 Å². The lowest BCUT2D eigenvalue weighted by molar-refractivity contribution is 1.21. The SMILES string of the molecule is N#CCc1ccnc(Cl)c1-c1c(Cl)ccc(Cl)c1Cl. The van der Waals surface area contributed by atoms with Gasteiger partial charge in [0, 0.05) is 17.3 Å². The molecule has 0 aliphatic heterocycles. The van der Waals surface area contributed by atoms with E-state index in [0.29, 0.717) is 31.8 Å². The Morgan fingerprint density at radius 3 is 2.37 bits per heavy atom. The predicted molar refractivity (Wildman–Crippen MR) is 79.0 cm³/mol. The zero-order valence-electron chi connectivity index (χ0n) is 9.42. The van der Waals surface area contributed by atoms with Gasteiger partial charge in [0.25, 0.3) is 0 Å². The summed E-state index contributed by atoms with van der Waals surface area (Å²) in [5, 5.41) is 10.2. The average molecular weight is 332 g/mol. The maximum atomic E-state index is 8.87. The summed E-state index contributed by atoms with van der Waals surface area (Å²) in [6, 6.07) is 7.01. The van der Waals surface area contributed by atoms with Crippen LogP contribution in [-0.2, 0) is 6.42 Å². The lowest BCUT2D eigenvalue weighted by atomic mass is 10.00. The van der Waals surface area contributed by atoms with E-state index < -0.39 is 0 Å². The van der Waals surface area contributed by atoms with Crippen molar-refractivity contribution in [1.82, 2.24) is 4.98 Å². The maximum Gasteiger partial charge on any atom is 0.137 e. The summed E-state index contributed by atoms with van der Waals surface area (Å²) in [5.41, 5.74) is 1.75. The zero-order chi connectivity index (χ0) is 14.0. The van der Waals surface area contributed by atoms with Crippen molar-refractivity contribution in [3.05, 3.63) is 50.2 Å². The zero-order valence-corrected chi connectivity index (χ0v) is 12.4. The van der Waals surface area contributed by atoms with Gasteiger partial charge in [-0.3, -0.25) is 0 Å². The Bertz CT molecular complexity index is 677. The Kier molecular flexibility index (Phi) is 4.54. The third-order valence-corrected chi connectivity index (χ3v) is 3.96. The Morgan fingerprint density at radius 1 is 1.00 bits per heavy atom. The molecule has 1 aromatic carbocycles. The quantitative estimate of drug-likeness (QED) is 0.543. The predicted octanol–water partition coefficient (Wildman–Crippen LogP) is 5.43. The molecule has 0 spiro atoms. The molecule has 0 aliphatic rings. The Labute approximate surface area is 130 Å². The van der Waals surface area contributed by atoms with Gasteiger partial charge in [0.05, 0.1) is 27.6 Å². The van der Waals surface area contributed by atoms with Crippen LogP contribution >= 0.6 is 46.4 Å². The molecule has 0 saturated heterocycles. The monoisotopic (exact) mass is 330 g/mol. The summed E-state index contributed by atoms with van der Waals surface area (Å²) in [6.07, 6.45) is 1.71. The highest BCUT2D eigenvalue weighted by Crippen LogP contribution is 2.42. The molecule has 2 rings (SSSR count). The lowest BCUT2D eigenvalue weighted by Gasteiger charge is -2.13. The van der Waals surface area contributed by atoms with Crippen LogP contribution in [0.1, 0.15) is 5.56 Å². The van der Waals surface area contributed by atoms with Crippen LogP contribution in [0.25, 0.3) is 11.1 Å². The van der Waals surface area contributed by atoms with Crippen molar-refractivity contribution < 1.29 is 0 Å². The summed E-state index contributed by atoms with van der Waals surface area (Å²) in [4.78, 5) is 4.01. The first-order valence-corrected chi connectivity index (χ1v) is 6.71. The lowest BCUT2D eigenvalue weighted by Crippen LogP contribution is -1.94. The third kappa shape index (κ3) is 2.80. The molecular formula is C13H6Cl4N2. The molecule has 2 nitrogen and oxygen atoms in total. The van der Waals surface area contributed by atoms with Crippen molar-refractivity contribution in [2.45, 2.75) is 6.42 Å². The van der Waals surface area contributed by atoms with E-state index in [0.717, 1.165) is 0 Å². The van der Waals surface area contributed by atoms with Crippen LogP contribution in [0.2, 0.25) is 20.2 Å².